The van der Waals surface area contributed by atoms with Gasteiger partial charge in [0, 0.05) is 12.5 Å². The first-order valence-corrected chi connectivity index (χ1v) is 8.56. The predicted octanol–water partition coefficient (Wildman–Crippen LogP) is 3.38. The maximum absolute atomic E-state index is 12.0. The van der Waals surface area contributed by atoms with Crippen LogP contribution in [-0.4, -0.2) is 35.6 Å². The molecule has 24 heavy (non-hydrogen) atoms. The first-order valence-electron chi connectivity index (χ1n) is 8.12. The third kappa shape index (κ3) is 5.78. The summed E-state index contributed by atoms with van der Waals surface area (Å²) in [6, 6.07) is 9.71. The van der Waals surface area contributed by atoms with Crippen LogP contribution in [0.25, 0.3) is 0 Å². The molecule has 0 unspecified atom stereocenters. The monoisotopic (exact) mass is 350 g/mol. The van der Waals surface area contributed by atoms with Gasteiger partial charge < -0.3 is 14.6 Å². The Labute approximate surface area is 147 Å². The zero-order valence-corrected chi connectivity index (χ0v) is 14.5. The summed E-state index contributed by atoms with van der Waals surface area (Å²) in [7, 11) is 0. The molecule has 0 spiro atoms. The Morgan fingerprint density at radius 3 is 2.71 bits per heavy atom. The summed E-state index contributed by atoms with van der Waals surface area (Å²) >= 11 is 6.20. The van der Waals surface area contributed by atoms with Gasteiger partial charge in [0.1, 0.15) is 5.76 Å². The molecule has 0 radical (unpaired) electrons. The summed E-state index contributed by atoms with van der Waals surface area (Å²) in [5.74, 6) is 0.602. The Kier molecular flexibility index (Phi) is 7.50. The average molecular weight is 351 g/mol. The molecule has 1 aliphatic rings. The second kappa shape index (κ2) is 9.62. The highest BCUT2D eigenvalue weighted by Crippen LogP contribution is 2.23. The minimum atomic E-state index is -0.868. The van der Waals surface area contributed by atoms with E-state index in [0.717, 1.165) is 5.56 Å². The molecule has 1 aromatic rings. The van der Waals surface area contributed by atoms with Crippen LogP contribution in [0.15, 0.2) is 53.8 Å². The maximum Gasteiger partial charge on any atom is 0.184 e. The third-order valence-electron chi connectivity index (χ3n) is 3.71. The zero-order valence-electron chi connectivity index (χ0n) is 13.8. The van der Waals surface area contributed by atoms with Gasteiger partial charge in [-0.2, -0.15) is 0 Å². The van der Waals surface area contributed by atoms with Crippen molar-refractivity contribution in [2.45, 2.75) is 37.9 Å². The smallest absolute Gasteiger partial charge is 0.184 e. The molecule has 2 atom stereocenters. The Bertz CT molecular complexity index is 595. The van der Waals surface area contributed by atoms with Crippen molar-refractivity contribution < 1.29 is 19.4 Å². The number of aliphatic hydroxyl groups excluding tert-OH is 1. The van der Waals surface area contributed by atoms with Crippen LogP contribution in [0.1, 0.15) is 25.3 Å². The van der Waals surface area contributed by atoms with Crippen LogP contribution in [0.4, 0.5) is 0 Å². The lowest BCUT2D eigenvalue weighted by atomic mass is 9.96. The van der Waals surface area contributed by atoms with Gasteiger partial charge in [-0.05, 0) is 24.5 Å². The number of aliphatic hydroxyl groups is 1. The molecule has 0 saturated carbocycles. The average Bonchev–Trinajstić information content (AvgIpc) is 2.58. The van der Waals surface area contributed by atoms with Crippen LogP contribution in [0.3, 0.4) is 0 Å². The number of hydrogen-bond acceptors (Lipinski definition) is 4. The molecule has 1 aliphatic carbocycles. The van der Waals surface area contributed by atoms with Crippen LogP contribution >= 0.6 is 11.6 Å². The van der Waals surface area contributed by atoms with E-state index < -0.39 is 11.5 Å². The fourth-order valence-corrected chi connectivity index (χ4v) is 2.65. The van der Waals surface area contributed by atoms with E-state index in [1.807, 2.05) is 37.3 Å². The van der Waals surface area contributed by atoms with Crippen molar-refractivity contribution in [3.63, 3.8) is 0 Å². The summed E-state index contributed by atoms with van der Waals surface area (Å²) < 4.78 is 10.8. The topological polar surface area (TPSA) is 55.8 Å². The lowest BCUT2D eigenvalue weighted by Crippen LogP contribution is -2.26. The first-order chi connectivity index (χ1) is 11.6. The molecule has 0 aliphatic heterocycles. The molecule has 130 valence electrons. The number of carbonyl (C=O) groups excluding carboxylic acids is 1. The maximum atomic E-state index is 12.0. The van der Waals surface area contributed by atoms with E-state index in [2.05, 4.69) is 0 Å². The van der Waals surface area contributed by atoms with Crippen molar-refractivity contribution in [3.8, 4) is 0 Å². The highest BCUT2D eigenvalue weighted by Gasteiger charge is 2.21. The summed E-state index contributed by atoms with van der Waals surface area (Å²) in [6.07, 6.45) is 3.51. The summed E-state index contributed by atoms with van der Waals surface area (Å²) in [5, 5.41) is 9.43. The molecule has 0 fully saturated rings. The number of allylic oxidation sites excluding steroid dienone is 3. The molecular weight excluding hydrogens is 328 g/mol. The highest BCUT2D eigenvalue weighted by molar-refractivity contribution is 6.22. The van der Waals surface area contributed by atoms with E-state index in [1.165, 1.54) is 6.08 Å². The molecule has 0 amide bonds. The van der Waals surface area contributed by atoms with Gasteiger partial charge >= 0.3 is 0 Å². The number of alkyl halides is 1. The number of hydrogen-bond donors (Lipinski definition) is 1. The van der Waals surface area contributed by atoms with Gasteiger partial charge in [-0.15, -0.1) is 11.6 Å². The van der Waals surface area contributed by atoms with Crippen molar-refractivity contribution in [3.05, 3.63) is 59.4 Å². The van der Waals surface area contributed by atoms with Crippen molar-refractivity contribution >= 4 is 17.4 Å². The fraction of sp³-hybridized carbons (Fsp3) is 0.421. The van der Waals surface area contributed by atoms with Crippen LogP contribution in [0.5, 0.6) is 0 Å². The van der Waals surface area contributed by atoms with E-state index in [9.17, 15) is 9.90 Å². The SMILES string of the molecule is CCOC1=CC(=O)/C(=C/[C@H](Cl)[C@@H](O)COCc2ccccc2)CC1. The predicted molar refractivity (Wildman–Crippen MR) is 93.8 cm³/mol. The number of carbonyl (C=O) groups is 1. The Balaban J connectivity index is 1.82. The van der Waals surface area contributed by atoms with Gasteiger partial charge in [-0.1, -0.05) is 36.4 Å². The standard InChI is InChI=1S/C19H23ClO4/c1-2-24-16-9-8-15(18(21)11-16)10-17(20)19(22)13-23-12-14-6-4-3-5-7-14/h3-7,10-11,17,19,22H,2,8-9,12-13H2,1H3/b15-10+/t17-,19-/m0/s1. The summed E-state index contributed by atoms with van der Waals surface area (Å²) in [6.45, 7) is 2.96. The molecular formula is C19H23ClO4. The van der Waals surface area contributed by atoms with Gasteiger partial charge in [-0.3, -0.25) is 4.79 Å². The van der Waals surface area contributed by atoms with Crippen LogP contribution in [-0.2, 0) is 20.9 Å². The van der Waals surface area contributed by atoms with Crippen molar-refractivity contribution in [2.75, 3.05) is 13.2 Å². The molecule has 0 heterocycles. The van der Waals surface area contributed by atoms with Crippen LogP contribution in [0, 0.1) is 0 Å². The van der Waals surface area contributed by atoms with Crippen LogP contribution < -0.4 is 0 Å². The fourth-order valence-electron chi connectivity index (χ4n) is 2.42. The van der Waals surface area contributed by atoms with Gasteiger partial charge in [0.25, 0.3) is 0 Å². The minimum Gasteiger partial charge on any atom is -0.498 e. The zero-order chi connectivity index (χ0) is 17.4. The Morgan fingerprint density at radius 1 is 1.29 bits per heavy atom. The normalized spacial score (nSPS) is 19.0. The van der Waals surface area contributed by atoms with Gasteiger partial charge in [0.15, 0.2) is 5.78 Å². The molecule has 0 aromatic heterocycles. The van der Waals surface area contributed by atoms with Crippen molar-refractivity contribution in [1.29, 1.82) is 0 Å². The Hall–Kier alpha value is -1.62. The second-order valence-corrected chi connectivity index (χ2v) is 6.12. The van der Waals surface area contributed by atoms with Gasteiger partial charge in [-0.25, -0.2) is 0 Å². The minimum absolute atomic E-state index is 0.104. The Morgan fingerprint density at radius 2 is 2.04 bits per heavy atom. The van der Waals surface area contributed by atoms with E-state index in [-0.39, 0.29) is 12.4 Å². The van der Waals surface area contributed by atoms with Gasteiger partial charge in [0.05, 0.1) is 31.3 Å². The molecule has 1 aromatic carbocycles. The second-order valence-electron chi connectivity index (χ2n) is 5.61. The van der Waals surface area contributed by atoms with Crippen molar-refractivity contribution in [2.24, 2.45) is 0 Å². The molecule has 0 saturated heterocycles. The van der Waals surface area contributed by atoms with E-state index >= 15 is 0 Å². The number of ether oxygens (including phenoxy) is 2. The van der Waals surface area contributed by atoms with E-state index in [1.54, 1.807) is 6.08 Å². The molecule has 0 bridgehead atoms. The molecule has 5 heteroatoms. The van der Waals surface area contributed by atoms with Crippen molar-refractivity contribution in [1.82, 2.24) is 0 Å². The first kappa shape index (κ1) is 18.7. The molecule has 2 rings (SSSR count). The number of rotatable bonds is 8. The molecule has 4 nitrogen and oxygen atoms in total. The highest BCUT2D eigenvalue weighted by atomic mass is 35.5. The number of benzene rings is 1. The quantitative estimate of drug-likeness (QED) is 0.577. The lowest BCUT2D eigenvalue weighted by molar-refractivity contribution is -0.112. The van der Waals surface area contributed by atoms with Crippen LogP contribution in [0.2, 0.25) is 0 Å². The number of ketones is 1. The number of halogens is 1. The summed E-state index contributed by atoms with van der Waals surface area (Å²) in [4.78, 5) is 12.0. The lowest BCUT2D eigenvalue weighted by Gasteiger charge is -2.18. The van der Waals surface area contributed by atoms with E-state index in [4.69, 9.17) is 21.1 Å². The van der Waals surface area contributed by atoms with E-state index in [0.29, 0.717) is 37.4 Å². The van der Waals surface area contributed by atoms with Gasteiger partial charge in [0.2, 0.25) is 0 Å². The molecule has 1 N–H and O–H groups in total. The summed E-state index contributed by atoms with van der Waals surface area (Å²) in [5.41, 5.74) is 1.64. The third-order valence-corrected chi connectivity index (χ3v) is 4.12. The largest absolute Gasteiger partial charge is 0.498 e.